The summed E-state index contributed by atoms with van der Waals surface area (Å²) in [6, 6.07) is 18.4. The van der Waals surface area contributed by atoms with E-state index in [1.165, 1.54) is 0 Å². The second kappa shape index (κ2) is 11.7. The lowest BCUT2D eigenvalue weighted by atomic mass is 10.2. The number of halogens is 2. The van der Waals surface area contributed by atoms with E-state index in [1.807, 2.05) is 48.5 Å². The number of hydrogen-bond donors (Lipinski definition) is 3. The first kappa shape index (κ1) is 23.8. The number of rotatable bonds is 9. The van der Waals surface area contributed by atoms with Crippen molar-refractivity contribution in [3.8, 4) is 5.75 Å². The van der Waals surface area contributed by atoms with Crippen LogP contribution in [0.1, 0.15) is 11.3 Å². The van der Waals surface area contributed by atoms with Crippen molar-refractivity contribution in [3.05, 3.63) is 83.3 Å². The van der Waals surface area contributed by atoms with Crippen LogP contribution in [0.25, 0.3) is 0 Å². The van der Waals surface area contributed by atoms with Crippen LogP contribution in [0, 0.1) is 0 Å². The highest BCUT2D eigenvalue weighted by molar-refractivity contribution is 6.30. The largest absolute Gasteiger partial charge is 0.497 e. The summed E-state index contributed by atoms with van der Waals surface area (Å²) >= 11 is 5.91. The van der Waals surface area contributed by atoms with Gasteiger partial charge in [0.2, 0.25) is 17.8 Å². The summed E-state index contributed by atoms with van der Waals surface area (Å²) in [5.41, 5.74) is 4.51. The zero-order chi connectivity index (χ0) is 22.2. The van der Waals surface area contributed by atoms with E-state index in [4.69, 9.17) is 20.8 Å². The normalized spacial score (nSPS) is 10.5. The average molecular weight is 486 g/mol. The molecule has 0 spiro atoms. The van der Waals surface area contributed by atoms with Gasteiger partial charge in [0, 0.05) is 10.7 Å². The van der Waals surface area contributed by atoms with E-state index in [2.05, 4.69) is 36.1 Å². The minimum atomic E-state index is 0. The molecular formula is C22H21Cl2N7O2. The summed E-state index contributed by atoms with van der Waals surface area (Å²) in [6.45, 7) is 0.423. The van der Waals surface area contributed by atoms with Gasteiger partial charge in [0.1, 0.15) is 11.5 Å². The van der Waals surface area contributed by atoms with E-state index in [-0.39, 0.29) is 18.4 Å². The number of hydrazone groups is 1. The first-order valence-corrected chi connectivity index (χ1v) is 10.0. The monoisotopic (exact) mass is 485 g/mol. The standard InChI is InChI=1S/C22H20ClN7O2.ClH/c1-31-18-10-8-17(9-11-18)26-21-27-20(24-14-19-3-2-12-32-19)28-22(29-21)30-25-13-15-4-6-16(23)7-5-15;/h2-13H,14H2,1H3,(H3,24,26,27,28,29,30);1H/b25-13+;. The zero-order valence-electron chi connectivity index (χ0n) is 17.5. The molecule has 2 heterocycles. The Hall–Kier alpha value is -3.82. The molecule has 0 saturated heterocycles. The Balaban J connectivity index is 0.00000306. The van der Waals surface area contributed by atoms with Gasteiger partial charge in [-0.3, -0.25) is 0 Å². The number of nitrogens with zero attached hydrogens (tertiary/aromatic N) is 4. The fraction of sp³-hybridized carbons (Fsp3) is 0.0909. The molecule has 2 aromatic carbocycles. The number of benzene rings is 2. The Bertz CT molecular complexity index is 1170. The van der Waals surface area contributed by atoms with Crippen LogP contribution in [0.15, 0.2) is 76.4 Å². The third-order valence-electron chi connectivity index (χ3n) is 4.23. The van der Waals surface area contributed by atoms with E-state index < -0.39 is 0 Å². The summed E-state index contributed by atoms with van der Waals surface area (Å²) in [7, 11) is 1.62. The number of furan rings is 1. The maximum Gasteiger partial charge on any atom is 0.250 e. The van der Waals surface area contributed by atoms with Crippen molar-refractivity contribution in [1.82, 2.24) is 15.0 Å². The van der Waals surface area contributed by atoms with Crippen molar-refractivity contribution < 1.29 is 9.15 Å². The number of hydrogen-bond acceptors (Lipinski definition) is 9. The highest BCUT2D eigenvalue weighted by Gasteiger charge is 2.08. The van der Waals surface area contributed by atoms with Crippen LogP contribution in [-0.2, 0) is 6.54 Å². The van der Waals surface area contributed by atoms with Crippen LogP contribution in [0.4, 0.5) is 23.5 Å². The molecule has 0 aliphatic carbocycles. The maximum absolute atomic E-state index is 5.91. The minimum absolute atomic E-state index is 0. The first-order chi connectivity index (χ1) is 15.7. The zero-order valence-corrected chi connectivity index (χ0v) is 19.1. The molecule has 0 unspecified atom stereocenters. The molecule has 170 valence electrons. The summed E-state index contributed by atoms with van der Waals surface area (Å²) in [6.07, 6.45) is 3.26. The second-order valence-electron chi connectivity index (χ2n) is 6.51. The molecule has 9 nitrogen and oxygen atoms in total. The van der Waals surface area contributed by atoms with E-state index in [0.29, 0.717) is 23.5 Å². The van der Waals surface area contributed by atoms with Gasteiger partial charge in [0.15, 0.2) is 0 Å². The molecule has 3 N–H and O–H groups in total. The lowest BCUT2D eigenvalue weighted by Crippen LogP contribution is -2.09. The predicted molar refractivity (Wildman–Crippen MR) is 132 cm³/mol. The molecular weight excluding hydrogens is 465 g/mol. The van der Waals surface area contributed by atoms with Gasteiger partial charge in [0.05, 0.1) is 26.1 Å². The van der Waals surface area contributed by atoms with Gasteiger partial charge < -0.3 is 19.8 Å². The Labute approximate surface area is 201 Å². The quantitative estimate of drug-likeness (QED) is 0.215. The van der Waals surface area contributed by atoms with Gasteiger partial charge in [-0.05, 0) is 54.1 Å². The molecule has 0 saturated carbocycles. The van der Waals surface area contributed by atoms with E-state index >= 15 is 0 Å². The van der Waals surface area contributed by atoms with Crippen LogP contribution in [-0.4, -0.2) is 28.3 Å². The summed E-state index contributed by atoms with van der Waals surface area (Å²) < 4.78 is 10.5. The van der Waals surface area contributed by atoms with Gasteiger partial charge in [-0.2, -0.15) is 20.1 Å². The molecule has 0 aliphatic rings. The Kier molecular flexibility index (Phi) is 8.45. The third kappa shape index (κ3) is 7.09. The van der Waals surface area contributed by atoms with Crippen molar-refractivity contribution in [1.29, 1.82) is 0 Å². The third-order valence-corrected chi connectivity index (χ3v) is 4.48. The van der Waals surface area contributed by atoms with Crippen molar-refractivity contribution >= 4 is 53.8 Å². The summed E-state index contributed by atoms with van der Waals surface area (Å²) in [4.78, 5) is 13.2. The molecule has 4 aromatic rings. The number of anilines is 4. The molecule has 0 amide bonds. The van der Waals surface area contributed by atoms with Crippen LogP contribution in [0.3, 0.4) is 0 Å². The number of nitrogens with one attached hydrogen (secondary N) is 3. The van der Waals surface area contributed by atoms with Crippen LogP contribution in [0.2, 0.25) is 5.02 Å². The van der Waals surface area contributed by atoms with Crippen molar-refractivity contribution in [2.24, 2.45) is 5.10 Å². The van der Waals surface area contributed by atoms with Crippen molar-refractivity contribution in [3.63, 3.8) is 0 Å². The van der Waals surface area contributed by atoms with E-state index in [1.54, 1.807) is 31.7 Å². The molecule has 4 rings (SSSR count). The molecule has 0 radical (unpaired) electrons. The molecule has 0 bridgehead atoms. The highest BCUT2D eigenvalue weighted by Crippen LogP contribution is 2.19. The van der Waals surface area contributed by atoms with Gasteiger partial charge in [-0.15, -0.1) is 12.4 Å². The highest BCUT2D eigenvalue weighted by atomic mass is 35.5. The van der Waals surface area contributed by atoms with Gasteiger partial charge in [-0.25, -0.2) is 5.43 Å². The van der Waals surface area contributed by atoms with Crippen LogP contribution < -0.4 is 20.8 Å². The molecule has 0 aliphatic heterocycles. The fourth-order valence-corrected chi connectivity index (χ4v) is 2.78. The van der Waals surface area contributed by atoms with Crippen molar-refractivity contribution in [2.45, 2.75) is 6.54 Å². The number of aromatic nitrogens is 3. The first-order valence-electron chi connectivity index (χ1n) is 9.66. The molecule has 2 aromatic heterocycles. The van der Waals surface area contributed by atoms with Crippen LogP contribution >= 0.6 is 24.0 Å². The summed E-state index contributed by atoms with van der Waals surface area (Å²) in [5, 5.41) is 11.1. The SMILES string of the molecule is COc1ccc(Nc2nc(NCc3ccco3)nc(N/N=C/c3ccc(Cl)cc3)n2)cc1.Cl. The topological polar surface area (TPSA) is 109 Å². The molecule has 0 fully saturated rings. The Morgan fingerprint density at radius 3 is 2.39 bits per heavy atom. The minimum Gasteiger partial charge on any atom is -0.497 e. The Morgan fingerprint density at radius 1 is 0.970 bits per heavy atom. The van der Waals surface area contributed by atoms with Crippen molar-refractivity contribution in [2.75, 3.05) is 23.2 Å². The number of ether oxygens (including phenoxy) is 1. The predicted octanol–water partition coefficient (Wildman–Crippen LogP) is 5.35. The van der Waals surface area contributed by atoms with Gasteiger partial charge in [-0.1, -0.05) is 23.7 Å². The Morgan fingerprint density at radius 2 is 1.70 bits per heavy atom. The molecule has 11 heteroatoms. The van der Waals surface area contributed by atoms with Gasteiger partial charge in [0.25, 0.3) is 0 Å². The lowest BCUT2D eigenvalue weighted by Gasteiger charge is -2.10. The molecule has 33 heavy (non-hydrogen) atoms. The summed E-state index contributed by atoms with van der Waals surface area (Å²) in [5.74, 6) is 2.48. The second-order valence-corrected chi connectivity index (χ2v) is 6.95. The average Bonchev–Trinajstić information content (AvgIpc) is 3.33. The van der Waals surface area contributed by atoms with E-state index in [9.17, 15) is 0 Å². The van der Waals surface area contributed by atoms with Gasteiger partial charge >= 0.3 is 0 Å². The fourth-order valence-electron chi connectivity index (χ4n) is 2.66. The number of methoxy groups -OCH3 is 1. The smallest absolute Gasteiger partial charge is 0.250 e. The lowest BCUT2D eigenvalue weighted by molar-refractivity contribution is 0.415. The van der Waals surface area contributed by atoms with Crippen LogP contribution in [0.5, 0.6) is 5.75 Å². The molecule has 0 atom stereocenters. The van der Waals surface area contributed by atoms with E-state index in [0.717, 1.165) is 22.8 Å². The maximum atomic E-state index is 5.91.